The van der Waals surface area contributed by atoms with Crippen molar-refractivity contribution in [1.29, 1.82) is 0 Å². The average Bonchev–Trinajstić information content (AvgIpc) is 3.79. The van der Waals surface area contributed by atoms with Crippen LogP contribution in [0.15, 0.2) is 96.1 Å². The molecule has 73 heavy (non-hydrogen) atoms. The number of nitrogens with one attached hydrogen (secondary N) is 8. The van der Waals surface area contributed by atoms with Gasteiger partial charge in [0.2, 0.25) is 47.3 Å². The van der Waals surface area contributed by atoms with Gasteiger partial charge >= 0.3 is 0 Å². The molecule has 14 N–H and O–H groups in total. The minimum atomic E-state index is -1.61. The Hall–Kier alpha value is -7.77. The lowest BCUT2D eigenvalue weighted by Crippen LogP contribution is -2.66. The summed E-state index contributed by atoms with van der Waals surface area (Å²) in [6, 6.07) is 19.6. The largest absolute Gasteiger partial charge is 0.370 e. The van der Waals surface area contributed by atoms with E-state index in [1.807, 2.05) is 61.5 Å². The number of fused-ring (bicyclic) bond motifs is 1. The summed E-state index contributed by atoms with van der Waals surface area (Å²) >= 11 is 0. The number of hydrogen-bond acceptors (Lipinski definition) is 9. The van der Waals surface area contributed by atoms with Gasteiger partial charge in [-0.1, -0.05) is 92.2 Å². The molecule has 1 saturated carbocycles. The number of unbranched alkanes of at least 4 members (excludes halogenated alkanes) is 1. The zero-order valence-electron chi connectivity index (χ0n) is 41.4. The number of carbonyl (C=O) groups is 8. The van der Waals surface area contributed by atoms with Crippen LogP contribution >= 0.6 is 0 Å². The number of benzene rings is 3. The maximum absolute atomic E-state index is 15.2. The lowest BCUT2D eigenvalue weighted by Gasteiger charge is -2.41. The first kappa shape index (κ1) is 54.6. The number of nitrogens with zero attached hydrogens (tertiary/aromatic N) is 1. The Bertz CT molecular complexity index is 2580. The van der Waals surface area contributed by atoms with Gasteiger partial charge in [-0.05, 0) is 86.5 Å². The van der Waals surface area contributed by atoms with Crippen LogP contribution in [0.5, 0.6) is 0 Å². The molecule has 3 aromatic carbocycles. The van der Waals surface area contributed by atoms with E-state index in [1.54, 1.807) is 36.5 Å². The van der Waals surface area contributed by atoms with Crippen LogP contribution < -0.4 is 54.4 Å². The van der Waals surface area contributed by atoms with Gasteiger partial charge in [0.25, 0.3) is 0 Å². The smallest absolute Gasteiger partial charge is 0.246 e. The molecule has 2 heterocycles. The molecule has 6 rings (SSSR count). The number of amides is 8. The molecule has 20 nitrogen and oxygen atoms in total. The molecule has 1 aliphatic heterocycles. The van der Waals surface area contributed by atoms with Crippen molar-refractivity contribution in [3.8, 4) is 0 Å². The molecule has 0 bridgehead atoms. The zero-order valence-corrected chi connectivity index (χ0v) is 41.4. The minimum Gasteiger partial charge on any atom is -0.370 e. The summed E-state index contributed by atoms with van der Waals surface area (Å²) in [4.78, 5) is 121. The molecular weight excluding hydrogens is 933 g/mol. The number of para-hydroxylation sites is 1. The molecule has 1 aromatic heterocycles. The van der Waals surface area contributed by atoms with E-state index in [2.05, 4.69) is 47.2 Å². The number of hydrogen-bond donors (Lipinski definition) is 11. The van der Waals surface area contributed by atoms with E-state index in [0.717, 1.165) is 16.5 Å². The highest BCUT2D eigenvalue weighted by molar-refractivity contribution is 6.00. The number of aromatic amines is 1. The van der Waals surface area contributed by atoms with Crippen LogP contribution in [0.2, 0.25) is 0 Å². The summed E-state index contributed by atoms with van der Waals surface area (Å²) in [5.41, 5.74) is 18.6. The van der Waals surface area contributed by atoms with Crippen molar-refractivity contribution in [3.63, 3.8) is 0 Å². The number of carbonyl (C=O) groups excluding carboxylic acids is 8. The highest BCUT2D eigenvalue weighted by Crippen LogP contribution is 2.38. The van der Waals surface area contributed by atoms with Crippen molar-refractivity contribution in [2.24, 2.45) is 22.2 Å². The summed E-state index contributed by atoms with van der Waals surface area (Å²) in [6.07, 6.45) is 4.05. The fraction of sp³-hybridized carbons (Fsp3) is 0.453. The normalized spacial score (nSPS) is 24.0. The second kappa shape index (κ2) is 26.6. The van der Waals surface area contributed by atoms with Crippen molar-refractivity contribution in [2.75, 3.05) is 13.1 Å². The van der Waals surface area contributed by atoms with E-state index >= 15 is 4.79 Å². The summed E-state index contributed by atoms with van der Waals surface area (Å²) in [6.45, 7) is 2.01. The Balaban J connectivity index is 1.40. The van der Waals surface area contributed by atoms with Crippen molar-refractivity contribution >= 4 is 64.1 Å². The molecule has 4 aromatic rings. The number of primary amides is 1. The van der Waals surface area contributed by atoms with Gasteiger partial charge in [-0.15, -0.1) is 0 Å². The number of rotatable bonds is 14. The molecule has 1 spiro atoms. The van der Waals surface area contributed by atoms with E-state index in [4.69, 9.17) is 17.2 Å². The van der Waals surface area contributed by atoms with Crippen LogP contribution in [-0.4, -0.2) is 107 Å². The van der Waals surface area contributed by atoms with E-state index in [9.17, 15) is 33.6 Å². The number of nitrogens with two attached hydrogens (primary N) is 3. The van der Waals surface area contributed by atoms with Gasteiger partial charge in [0, 0.05) is 49.5 Å². The third-order valence-electron chi connectivity index (χ3n) is 13.6. The summed E-state index contributed by atoms with van der Waals surface area (Å²) < 4.78 is 0. The van der Waals surface area contributed by atoms with Crippen LogP contribution in [0.4, 0.5) is 0 Å². The van der Waals surface area contributed by atoms with Gasteiger partial charge in [0.15, 0.2) is 5.96 Å². The predicted octanol–water partition coefficient (Wildman–Crippen LogP) is 1.62. The maximum Gasteiger partial charge on any atom is 0.246 e. The first-order valence-corrected chi connectivity index (χ1v) is 25.2. The quantitative estimate of drug-likeness (QED) is 0.0493. The van der Waals surface area contributed by atoms with Crippen LogP contribution in [0.3, 0.4) is 0 Å². The van der Waals surface area contributed by atoms with Crippen LogP contribution in [0.25, 0.3) is 10.9 Å². The van der Waals surface area contributed by atoms with Gasteiger partial charge in [0.05, 0.1) is 6.42 Å². The summed E-state index contributed by atoms with van der Waals surface area (Å²) in [5, 5.41) is 20.5. The SMILES string of the molecule is CCCCC(=O)N[C@H]1CC(=O)NCCC[C@@H](C(N)=O)NC(=O)[C@H](Cc2c[nH]c3ccccc23)NC(=O)[C@H](CCCN=C(N)N)NC(=O)[C@@H](Cc2ccccc2)NC(=O)C2(CCC(c3ccccc3)CC2)NC1=O. The molecule has 20 heteroatoms. The molecule has 0 radical (unpaired) electrons. The Morgan fingerprint density at radius 1 is 0.726 bits per heavy atom. The zero-order chi connectivity index (χ0) is 52.3. The van der Waals surface area contributed by atoms with E-state index < -0.39 is 89.4 Å². The second-order valence-electron chi connectivity index (χ2n) is 19.0. The first-order valence-electron chi connectivity index (χ1n) is 25.2. The van der Waals surface area contributed by atoms with E-state index in [0.29, 0.717) is 36.8 Å². The molecule has 0 unspecified atom stereocenters. The number of H-pyrrole nitrogens is 1. The van der Waals surface area contributed by atoms with Gasteiger partial charge in [-0.25, -0.2) is 0 Å². The number of aromatic nitrogens is 1. The molecule has 390 valence electrons. The lowest BCUT2D eigenvalue weighted by molar-refractivity contribution is -0.140. The molecule has 8 amide bonds. The Morgan fingerprint density at radius 2 is 1.37 bits per heavy atom. The summed E-state index contributed by atoms with van der Waals surface area (Å²) in [7, 11) is 0. The third kappa shape index (κ3) is 15.9. The predicted molar refractivity (Wildman–Crippen MR) is 276 cm³/mol. The van der Waals surface area contributed by atoms with Crippen LogP contribution in [0, 0.1) is 0 Å². The summed E-state index contributed by atoms with van der Waals surface area (Å²) in [5.74, 6) is -5.72. The second-order valence-corrected chi connectivity index (χ2v) is 19.0. The third-order valence-corrected chi connectivity index (χ3v) is 13.6. The highest BCUT2D eigenvalue weighted by Gasteiger charge is 2.46. The van der Waals surface area contributed by atoms with Gasteiger partial charge in [-0.3, -0.25) is 43.3 Å². The van der Waals surface area contributed by atoms with Crippen molar-refractivity contribution in [3.05, 3.63) is 108 Å². The monoisotopic (exact) mass is 1000 g/mol. The maximum atomic E-state index is 15.2. The van der Waals surface area contributed by atoms with Crippen LogP contribution in [-0.2, 0) is 51.2 Å². The van der Waals surface area contributed by atoms with Gasteiger partial charge in [-0.2, -0.15) is 0 Å². The molecule has 1 aliphatic carbocycles. The lowest BCUT2D eigenvalue weighted by atomic mass is 9.73. The Kier molecular flexibility index (Phi) is 19.9. The standard InChI is InChI=1S/C53H70N12O8/c1-2-3-22-44(66)60-43-31-45(67)57-27-12-20-39(46(54)68)61-49(71)42(30-36-32-59-38-19-11-10-18-37(36)38)63-47(69)40(21-13-28-58-52(55)56)62-48(70)41(29-33-14-6-4-7-15-33)64-51(73)53(65-50(43)72)25-23-35(24-26-53)34-16-8-5-9-17-34/h4-11,14-19,32,35,39-43,59H,2-3,12-13,20-31H2,1H3,(H2,54,68)(H,57,67)(H,60,66)(H,61,71)(H,62,70)(H,63,69)(H,64,73)(H,65,72)(H4,55,56,58)/t35?,39-,40-,41+,42-,43-,53?/m0/s1. The van der Waals surface area contributed by atoms with Crippen molar-refractivity contribution in [1.82, 2.24) is 42.2 Å². The molecule has 2 aliphatic rings. The van der Waals surface area contributed by atoms with E-state index in [1.165, 1.54) is 0 Å². The number of aliphatic imine (C=N–C) groups is 1. The van der Waals surface area contributed by atoms with E-state index in [-0.39, 0.29) is 82.8 Å². The number of guanidine groups is 1. The highest BCUT2D eigenvalue weighted by atomic mass is 16.2. The van der Waals surface area contributed by atoms with Gasteiger partial charge < -0.3 is 59.4 Å². The molecule has 5 atom stereocenters. The fourth-order valence-electron chi connectivity index (χ4n) is 9.47. The van der Waals surface area contributed by atoms with Crippen molar-refractivity contribution < 1.29 is 38.4 Å². The fourth-order valence-corrected chi connectivity index (χ4v) is 9.47. The Morgan fingerprint density at radius 3 is 2.07 bits per heavy atom. The Labute approximate surface area is 425 Å². The topological polar surface area (TPSA) is 327 Å². The first-order chi connectivity index (χ1) is 35.1. The minimum absolute atomic E-state index is 0.00333. The van der Waals surface area contributed by atoms with Crippen molar-refractivity contribution in [2.45, 2.75) is 138 Å². The molecule has 2 fully saturated rings. The molecule has 1 saturated heterocycles. The molecular formula is C53H70N12O8. The van der Waals surface area contributed by atoms with Crippen LogP contribution in [0.1, 0.15) is 107 Å². The average molecular weight is 1000 g/mol. The van der Waals surface area contributed by atoms with Gasteiger partial charge in [0.1, 0.15) is 35.7 Å².